The SMILES string of the molecule is CC(C)CCn1nnc(C#N)c1C1CC1. The van der Waals surface area contributed by atoms with Crippen LogP contribution in [-0.4, -0.2) is 15.0 Å². The first-order chi connectivity index (χ1) is 7.22. The normalized spacial score (nSPS) is 15.6. The Bertz CT molecular complexity index is 382. The third-order valence-electron chi connectivity index (χ3n) is 2.76. The van der Waals surface area contributed by atoms with E-state index in [1.165, 1.54) is 12.8 Å². The summed E-state index contributed by atoms with van der Waals surface area (Å²) in [6.07, 6.45) is 3.46. The van der Waals surface area contributed by atoms with Crippen molar-refractivity contribution in [2.24, 2.45) is 5.92 Å². The first kappa shape index (κ1) is 10.2. The van der Waals surface area contributed by atoms with Crippen molar-refractivity contribution in [3.05, 3.63) is 11.4 Å². The highest BCUT2D eigenvalue weighted by Crippen LogP contribution is 2.41. The summed E-state index contributed by atoms with van der Waals surface area (Å²) in [6, 6.07) is 2.13. The third kappa shape index (κ3) is 2.17. The molecule has 0 saturated heterocycles. The van der Waals surface area contributed by atoms with E-state index in [9.17, 15) is 0 Å². The lowest BCUT2D eigenvalue weighted by molar-refractivity contribution is 0.467. The highest BCUT2D eigenvalue weighted by atomic mass is 15.4. The Morgan fingerprint density at radius 3 is 2.80 bits per heavy atom. The highest BCUT2D eigenvalue weighted by molar-refractivity contribution is 5.30. The number of aromatic nitrogens is 3. The summed E-state index contributed by atoms with van der Waals surface area (Å²) in [5.74, 6) is 1.20. The van der Waals surface area contributed by atoms with Crippen molar-refractivity contribution < 1.29 is 0 Å². The Balaban J connectivity index is 2.16. The van der Waals surface area contributed by atoms with Gasteiger partial charge in [-0.05, 0) is 25.2 Å². The van der Waals surface area contributed by atoms with Gasteiger partial charge in [0, 0.05) is 12.5 Å². The maximum atomic E-state index is 8.92. The standard InChI is InChI=1S/C11H16N4/c1-8(2)5-6-15-11(9-3-4-9)10(7-12)13-14-15/h8-9H,3-6H2,1-2H3. The van der Waals surface area contributed by atoms with Gasteiger partial charge in [-0.1, -0.05) is 19.1 Å². The second-order valence-corrected chi connectivity index (χ2v) is 4.62. The Labute approximate surface area is 89.9 Å². The van der Waals surface area contributed by atoms with Gasteiger partial charge in [-0.3, -0.25) is 0 Å². The van der Waals surface area contributed by atoms with Crippen molar-refractivity contribution in [1.82, 2.24) is 15.0 Å². The average Bonchev–Trinajstić information content (AvgIpc) is 2.96. The molecule has 1 aromatic rings. The molecule has 1 fully saturated rings. The Hall–Kier alpha value is -1.37. The number of rotatable bonds is 4. The summed E-state index contributed by atoms with van der Waals surface area (Å²) >= 11 is 0. The van der Waals surface area contributed by atoms with E-state index in [2.05, 4.69) is 30.2 Å². The minimum Gasteiger partial charge on any atom is -0.248 e. The van der Waals surface area contributed by atoms with Gasteiger partial charge in [0.05, 0.1) is 5.69 Å². The number of hydrogen-bond donors (Lipinski definition) is 0. The van der Waals surface area contributed by atoms with Crippen LogP contribution >= 0.6 is 0 Å². The fourth-order valence-electron chi connectivity index (χ4n) is 1.71. The molecule has 0 aromatic carbocycles. The minimum absolute atomic E-state index is 0.529. The van der Waals surface area contributed by atoms with Crippen LogP contribution in [0.15, 0.2) is 0 Å². The molecule has 0 N–H and O–H groups in total. The smallest absolute Gasteiger partial charge is 0.186 e. The zero-order chi connectivity index (χ0) is 10.8. The predicted octanol–water partition coefficient (Wildman–Crippen LogP) is 2.07. The summed E-state index contributed by atoms with van der Waals surface area (Å²) in [4.78, 5) is 0. The molecule has 0 radical (unpaired) electrons. The van der Waals surface area contributed by atoms with Gasteiger partial charge >= 0.3 is 0 Å². The molecule has 0 amide bonds. The molecule has 1 heterocycles. The van der Waals surface area contributed by atoms with E-state index in [1.54, 1.807) is 0 Å². The molecule has 80 valence electrons. The van der Waals surface area contributed by atoms with E-state index in [1.807, 2.05) is 4.68 Å². The molecule has 4 heteroatoms. The zero-order valence-electron chi connectivity index (χ0n) is 9.27. The first-order valence-electron chi connectivity index (χ1n) is 5.56. The van der Waals surface area contributed by atoms with E-state index in [0.29, 0.717) is 17.5 Å². The van der Waals surface area contributed by atoms with Gasteiger partial charge in [-0.15, -0.1) is 5.10 Å². The summed E-state index contributed by atoms with van der Waals surface area (Å²) in [7, 11) is 0. The average molecular weight is 204 g/mol. The van der Waals surface area contributed by atoms with Crippen molar-refractivity contribution in [3.63, 3.8) is 0 Å². The Morgan fingerprint density at radius 2 is 2.27 bits per heavy atom. The van der Waals surface area contributed by atoms with E-state index < -0.39 is 0 Å². The molecule has 1 aliphatic rings. The largest absolute Gasteiger partial charge is 0.248 e. The fourth-order valence-corrected chi connectivity index (χ4v) is 1.71. The molecular weight excluding hydrogens is 188 g/mol. The summed E-state index contributed by atoms with van der Waals surface area (Å²) in [5, 5.41) is 16.9. The van der Waals surface area contributed by atoms with Gasteiger partial charge in [0.15, 0.2) is 5.69 Å². The van der Waals surface area contributed by atoms with Crippen LogP contribution in [0.3, 0.4) is 0 Å². The molecule has 0 unspecified atom stereocenters. The van der Waals surface area contributed by atoms with Gasteiger partial charge in [-0.2, -0.15) is 5.26 Å². The molecular formula is C11H16N4. The number of aryl methyl sites for hydroxylation is 1. The molecule has 0 spiro atoms. The first-order valence-corrected chi connectivity index (χ1v) is 5.56. The highest BCUT2D eigenvalue weighted by Gasteiger charge is 2.31. The molecule has 0 atom stereocenters. The summed E-state index contributed by atoms with van der Waals surface area (Å²) in [6.45, 7) is 5.27. The predicted molar refractivity (Wildman–Crippen MR) is 56.2 cm³/mol. The van der Waals surface area contributed by atoms with Gasteiger partial charge in [0.2, 0.25) is 0 Å². The maximum absolute atomic E-state index is 8.92. The van der Waals surface area contributed by atoms with E-state index in [4.69, 9.17) is 5.26 Å². The molecule has 15 heavy (non-hydrogen) atoms. The Morgan fingerprint density at radius 1 is 1.53 bits per heavy atom. The summed E-state index contributed by atoms with van der Waals surface area (Å²) < 4.78 is 1.93. The van der Waals surface area contributed by atoms with Crippen molar-refractivity contribution in [2.75, 3.05) is 0 Å². The van der Waals surface area contributed by atoms with E-state index in [-0.39, 0.29) is 0 Å². The lowest BCUT2D eigenvalue weighted by Crippen LogP contribution is -2.07. The molecule has 0 aliphatic heterocycles. The lowest BCUT2D eigenvalue weighted by atomic mass is 10.1. The monoisotopic (exact) mass is 204 g/mol. The number of nitrogens with zero attached hydrogens (tertiary/aromatic N) is 4. The van der Waals surface area contributed by atoms with Crippen LogP contribution in [0.4, 0.5) is 0 Å². The van der Waals surface area contributed by atoms with Crippen LogP contribution in [0.5, 0.6) is 0 Å². The molecule has 1 saturated carbocycles. The van der Waals surface area contributed by atoms with Crippen LogP contribution in [0, 0.1) is 17.2 Å². The lowest BCUT2D eigenvalue weighted by Gasteiger charge is -2.07. The van der Waals surface area contributed by atoms with E-state index in [0.717, 1.165) is 18.7 Å². The second kappa shape index (κ2) is 4.01. The Kier molecular flexibility index (Phi) is 2.72. The molecule has 2 rings (SSSR count). The summed E-state index contributed by atoms with van der Waals surface area (Å²) in [5.41, 5.74) is 1.60. The topological polar surface area (TPSA) is 54.5 Å². The van der Waals surface area contributed by atoms with Gasteiger partial charge < -0.3 is 0 Å². The van der Waals surface area contributed by atoms with Gasteiger partial charge in [-0.25, -0.2) is 4.68 Å². The van der Waals surface area contributed by atoms with Crippen LogP contribution < -0.4 is 0 Å². The van der Waals surface area contributed by atoms with Crippen molar-refractivity contribution in [3.8, 4) is 6.07 Å². The number of nitriles is 1. The quantitative estimate of drug-likeness (QED) is 0.754. The van der Waals surface area contributed by atoms with Crippen LogP contribution in [0.25, 0.3) is 0 Å². The van der Waals surface area contributed by atoms with Crippen LogP contribution in [0.1, 0.15) is 50.4 Å². The van der Waals surface area contributed by atoms with Crippen molar-refractivity contribution >= 4 is 0 Å². The molecule has 1 aromatic heterocycles. The van der Waals surface area contributed by atoms with Crippen molar-refractivity contribution in [2.45, 2.75) is 45.6 Å². The molecule has 0 bridgehead atoms. The fraction of sp³-hybridized carbons (Fsp3) is 0.727. The zero-order valence-corrected chi connectivity index (χ0v) is 9.27. The minimum atomic E-state index is 0.529. The van der Waals surface area contributed by atoms with E-state index >= 15 is 0 Å². The molecule has 4 nitrogen and oxygen atoms in total. The van der Waals surface area contributed by atoms with Crippen LogP contribution in [-0.2, 0) is 6.54 Å². The number of hydrogen-bond acceptors (Lipinski definition) is 3. The van der Waals surface area contributed by atoms with Crippen LogP contribution in [0.2, 0.25) is 0 Å². The maximum Gasteiger partial charge on any atom is 0.186 e. The molecule has 1 aliphatic carbocycles. The van der Waals surface area contributed by atoms with Gasteiger partial charge in [0.25, 0.3) is 0 Å². The second-order valence-electron chi connectivity index (χ2n) is 4.62. The third-order valence-corrected chi connectivity index (χ3v) is 2.76. The van der Waals surface area contributed by atoms with Gasteiger partial charge in [0.1, 0.15) is 6.07 Å². The van der Waals surface area contributed by atoms with Crippen molar-refractivity contribution in [1.29, 1.82) is 5.26 Å².